The molecule has 1 saturated heterocycles. The number of ether oxygens (including phenoxy) is 1. The van der Waals surface area contributed by atoms with Crippen molar-refractivity contribution in [2.45, 2.75) is 46.5 Å². The van der Waals surface area contributed by atoms with E-state index in [0.717, 1.165) is 51.5 Å². The molecule has 0 aromatic carbocycles. The SMILES string of the molecule is CCNC(=NCCOCCC(C)C)N1CCCC(CC(N)=O)C1.I. The molecule has 6 nitrogen and oxygen atoms in total. The van der Waals surface area contributed by atoms with E-state index in [1.165, 1.54) is 0 Å². The number of aliphatic imine (C=N–C) groups is 1. The van der Waals surface area contributed by atoms with Gasteiger partial charge in [-0.1, -0.05) is 13.8 Å². The fourth-order valence-corrected chi connectivity index (χ4v) is 2.77. The molecule has 0 bridgehead atoms. The van der Waals surface area contributed by atoms with Gasteiger partial charge in [-0.05, 0) is 38.0 Å². The quantitative estimate of drug-likeness (QED) is 0.242. The summed E-state index contributed by atoms with van der Waals surface area (Å²) in [5.41, 5.74) is 5.33. The molecule has 0 aliphatic carbocycles. The highest BCUT2D eigenvalue weighted by molar-refractivity contribution is 14.0. The van der Waals surface area contributed by atoms with Crippen LogP contribution in [-0.2, 0) is 9.53 Å². The zero-order valence-electron chi connectivity index (χ0n) is 15.4. The normalized spacial score (nSPS) is 18.4. The minimum Gasteiger partial charge on any atom is -0.380 e. The Labute approximate surface area is 164 Å². The third kappa shape index (κ3) is 10.3. The number of nitrogens with one attached hydrogen (secondary N) is 1. The summed E-state index contributed by atoms with van der Waals surface area (Å²) in [6.45, 7) is 11.3. The predicted octanol–water partition coefficient (Wildman–Crippen LogP) is 2.22. The van der Waals surface area contributed by atoms with Gasteiger partial charge in [-0.15, -0.1) is 24.0 Å². The maximum Gasteiger partial charge on any atom is 0.217 e. The van der Waals surface area contributed by atoms with E-state index in [2.05, 4.69) is 36.0 Å². The van der Waals surface area contributed by atoms with Crippen molar-refractivity contribution in [3.63, 3.8) is 0 Å². The molecule has 1 rings (SSSR count). The van der Waals surface area contributed by atoms with Crippen LogP contribution in [0.4, 0.5) is 0 Å². The van der Waals surface area contributed by atoms with Gasteiger partial charge >= 0.3 is 0 Å². The molecule has 1 unspecified atom stereocenters. The van der Waals surface area contributed by atoms with Gasteiger partial charge in [-0.3, -0.25) is 9.79 Å². The lowest BCUT2D eigenvalue weighted by molar-refractivity contribution is -0.119. The zero-order chi connectivity index (χ0) is 17.1. The minimum absolute atomic E-state index is 0. The number of primary amides is 1. The molecule has 0 saturated carbocycles. The summed E-state index contributed by atoms with van der Waals surface area (Å²) in [7, 11) is 0. The first kappa shape index (κ1) is 23.4. The molecule has 3 N–H and O–H groups in total. The van der Waals surface area contributed by atoms with Crippen molar-refractivity contribution in [1.82, 2.24) is 10.2 Å². The number of nitrogens with zero attached hydrogens (tertiary/aromatic N) is 2. The fourth-order valence-electron chi connectivity index (χ4n) is 2.77. The van der Waals surface area contributed by atoms with E-state index in [1.807, 2.05) is 0 Å². The van der Waals surface area contributed by atoms with Crippen LogP contribution >= 0.6 is 24.0 Å². The number of halogens is 1. The van der Waals surface area contributed by atoms with Crippen LogP contribution in [0.2, 0.25) is 0 Å². The molecule has 1 fully saturated rings. The van der Waals surface area contributed by atoms with Gasteiger partial charge < -0.3 is 20.7 Å². The molecule has 0 spiro atoms. The van der Waals surface area contributed by atoms with Gasteiger partial charge in [0, 0.05) is 32.7 Å². The number of nitrogens with two attached hydrogens (primary N) is 1. The van der Waals surface area contributed by atoms with Gasteiger partial charge in [-0.2, -0.15) is 0 Å². The highest BCUT2D eigenvalue weighted by Crippen LogP contribution is 2.19. The zero-order valence-corrected chi connectivity index (χ0v) is 17.8. The first-order chi connectivity index (χ1) is 11.0. The number of rotatable bonds is 9. The topological polar surface area (TPSA) is 80.0 Å². The van der Waals surface area contributed by atoms with Crippen molar-refractivity contribution >= 4 is 35.8 Å². The van der Waals surface area contributed by atoms with Crippen LogP contribution in [0, 0.1) is 11.8 Å². The maximum atomic E-state index is 11.1. The molecule has 1 atom stereocenters. The molecule has 0 aromatic heterocycles. The molecule has 0 aromatic rings. The summed E-state index contributed by atoms with van der Waals surface area (Å²) >= 11 is 0. The van der Waals surface area contributed by atoms with Gasteiger partial charge in [0.25, 0.3) is 0 Å². The number of carbonyl (C=O) groups excluding carboxylic acids is 1. The van der Waals surface area contributed by atoms with Gasteiger partial charge in [0.15, 0.2) is 5.96 Å². The Balaban J connectivity index is 0.00000529. The van der Waals surface area contributed by atoms with Crippen molar-refractivity contribution in [1.29, 1.82) is 0 Å². The lowest BCUT2D eigenvalue weighted by atomic mass is 9.95. The molecule has 1 aliphatic rings. The van der Waals surface area contributed by atoms with Gasteiger partial charge in [0.05, 0.1) is 13.2 Å². The van der Waals surface area contributed by atoms with Gasteiger partial charge in [0.2, 0.25) is 5.91 Å². The van der Waals surface area contributed by atoms with E-state index in [-0.39, 0.29) is 29.9 Å². The summed E-state index contributed by atoms with van der Waals surface area (Å²) in [6.07, 6.45) is 3.70. The Kier molecular flexibility index (Phi) is 13.4. The van der Waals surface area contributed by atoms with E-state index in [0.29, 0.717) is 31.4 Å². The Morgan fingerprint density at radius 1 is 1.42 bits per heavy atom. The van der Waals surface area contributed by atoms with Crippen LogP contribution < -0.4 is 11.1 Å². The summed E-state index contributed by atoms with van der Waals surface area (Å²) in [4.78, 5) is 18.0. The average Bonchev–Trinajstić information content (AvgIpc) is 2.49. The Morgan fingerprint density at radius 2 is 2.17 bits per heavy atom. The molecular formula is C17H35IN4O2. The predicted molar refractivity (Wildman–Crippen MR) is 110 cm³/mol. The second kappa shape index (κ2) is 13.7. The Bertz CT molecular complexity index is 378. The van der Waals surface area contributed by atoms with Gasteiger partial charge in [-0.25, -0.2) is 0 Å². The minimum atomic E-state index is -0.211. The highest BCUT2D eigenvalue weighted by Gasteiger charge is 2.23. The third-order valence-corrected chi connectivity index (χ3v) is 3.98. The van der Waals surface area contributed by atoms with Crippen LogP contribution in [0.5, 0.6) is 0 Å². The average molecular weight is 454 g/mol. The van der Waals surface area contributed by atoms with Crippen LogP contribution in [0.1, 0.15) is 46.5 Å². The lowest BCUT2D eigenvalue weighted by Gasteiger charge is -2.34. The molecule has 1 aliphatic heterocycles. The van der Waals surface area contributed by atoms with E-state index >= 15 is 0 Å². The Morgan fingerprint density at radius 3 is 2.79 bits per heavy atom. The lowest BCUT2D eigenvalue weighted by Crippen LogP contribution is -2.47. The van der Waals surface area contributed by atoms with E-state index in [4.69, 9.17) is 10.5 Å². The number of carbonyl (C=O) groups is 1. The van der Waals surface area contributed by atoms with Crippen molar-refractivity contribution < 1.29 is 9.53 Å². The van der Waals surface area contributed by atoms with E-state index in [9.17, 15) is 4.79 Å². The van der Waals surface area contributed by atoms with Crippen molar-refractivity contribution in [2.75, 3.05) is 39.4 Å². The van der Waals surface area contributed by atoms with Crippen molar-refractivity contribution in [3.05, 3.63) is 0 Å². The first-order valence-electron chi connectivity index (χ1n) is 8.92. The second-order valence-corrected chi connectivity index (χ2v) is 6.66. The summed E-state index contributed by atoms with van der Waals surface area (Å²) in [6, 6.07) is 0. The first-order valence-corrected chi connectivity index (χ1v) is 8.92. The molecule has 24 heavy (non-hydrogen) atoms. The van der Waals surface area contributed by atoms with E-state index in [1.54, 1.807) is 0 Å². The van der Waals surface area contributed by atoms with Crippen LogP contribution in [-0.4, -0.2) is 56.2 Å². The summed E-state index contributed by atoms with van der Waals surface area (Å²) in [5, 5.41) is 3.34. The monoisotopic (exact) mass is 454 g/mol. The number of amides is 1. The number of hydrogen-bond acceptors (Lipinski definition) is 3. The van der Waals surface area contributed by atoms with Crippen LogP contribution in [0.15, 0.2) is 4.99 Å². The number of hydrogen-bond donors (Lipinski definition) is 2. The summed E-state index contributed by atoms with van der Waals surface area (Å²) < 4.78 is 5.62. The summed E-state index contributed by atoms with van der Waals surface area (Å²) in [5.74, 6) is 1.73. The fraction of sp³-hybridized carbons (Fsp3) is 0.882. The van der Waals surface area contributed by atoms with Crippen LogP contribution in [0.3, 0.4) is 0 Å². The Hall–Kier alpha value is -0.570. The van der Waals surface area contributed by atoms with Crippen LogP contribution in [0.25, 0.3) is 0 Å². The third-order valence-electron chi connectivity index (χ3n) is 3.98. The largest absolute Gasteiger partial charge is 0.380 e. The second-order valence-electron chi connectivity index (χ2n) is 6.66. The molecule has 142 valence electrons. The number of guanidine groups is 1. The van der Waals surface area contributed by atoms with Crippen molar-refractivity contribution in [3.8, 4) is 0 Å². The number of likely N-dealkylation sites (tertiary alicyclic amines) is 1. The maximum absolute atomic E-state index is 11.1. The van der Waals surface area contributed by atoms with Crippen molar-refractivity contribution in [2.24, 2.45) is 22.6 Å². The van der Waals surface area contributed by atoms with Gasteiger partial charge in [0.1, 0.15) is 0 Å². The smallest absolute Gasteiger partial charge is 0.217 e. The number of piperidine rings is 1. The van der Waals surface area contributed by atoms with E-state index < -0.39 is 0 Å². The molecule has 1 heterocycles. The molecule has 1 amide bonds. The highest BCUT2D eigenvalue weighted by atomic mass is 127. The molecule has 0 radical (unpaired) electrons. The standard InChI is InChI=1S/C17H34N4O2.HI/c1-4-19-17(20-8-11-23-10-7-14(2)3)21-9-5-6-15(13-21)12-16(18)22;/h14-15H,4-13H2,1-3H3,(H2,18,22)(H,19,20);1H. The molecular weight excluding hydrogens is 419 g/mol. The molecule has 7 heteroatoms.